The second-order valence-corrected chi connectivity index (χ2v) is 5.30. The van der Waals surface area contributed by atoms with Crippen molar-refractivity contribution in [1.82, 2.24) is 9.88 Å². The largest absolute Gasteiger partial charge is 0.336 e. The Bertz CT molecular complexity index is 646. The van der Waals surface area contributed by atoms with Gasteiger partial charge in [0.15, 0.2) is 0 Å². The summed E-state index contributed by atoms with van der Waals surface area (Å²) in [6.07, 6.45) is 0. The molecular weight excluding hydrogens is 311 g/mol. The van der Waals surface area contributed by atoms with Crippen LogP contribution in [0.15, 0.2) is 36.4 Å². The van der Waals surface area contributed by atoms with Gasteiger partial charge in [0, 0.05) is 18.6 Å². The van der Waals surface area contributed by atoms with Crippen LogP contribution in [0, 0.1) is 0 Å². The maximum atomic E-state index is 12.4. The lowest BCUT2D eigenvalue weighted by Crippen LogP contribution is -2.27. The van der Waals surface area contributed by atoms with Crippen molar-refractivity contribution in [2.45, 2.75) is 6.54 Å². The van der Waals surface area contributed by atoms with Crippen LogP contribution in [0.4, 0.5) is 5.82 Å². The molecule has 5 nitrogen and oxygen atoms in total. The van der Waals surface area contributed by atoms with Crippen molar-refractivity contribution >= 4 is 34.9 Å². The van der Waals surface area contributed by atoms with Gasteiger partial charge in [0.05, 0.1) is 5.02 Å². The summed E-state index contributed by atoms with van der Waals surface area (Å²) >= 11 is 11.9. The van der Waals surface area contributed by atoms with Crippen molar-refractivity contribution in [3.05, 3.63) is 57.7 Å². The number of amides is 1. The van der Waals surface area contributed by atoms with E-state index in [9.17, 15) is 4.79 Å². The molecule has 0 aliphatic heterocycles. The number of nitrogens with two attached hydrogens (primary N) is 1. The zero-order valence-electron chi connectivity index (χ0n) is 11.3. The molecule has 21 heavy (non-hydrogen) atoms. The number of pyridine rings is 1. The van der Waals surface area contributed by atoms with Gasteiger partial charge in [-0.05, 0) is 29.8 Å². The van der Waals surface area contributed by atoms with E-state index in [0.29, 0.717) is 17.4 Å². The molecule has 0 saturated carbocycles. The maximum absolute atomic E-state index is 12.4. The van der Waals surface area contributed by atoms with Crippen LogP contribution in [0.25, 0.3) is 0 Å². The molecule has 0 fully saturated rings. The number of nitrogens with zero attached hydrogens (tertiary/aromatic N) is 2. The van der Waals surface area contributed by atoms with E-state index < -0.39 is 0 Å². The summed E-state index contributed by atoms with van der Waals surface area (Å²) in [6.45, 7) is 0.425. The molecule has 3 N–H and O–H groups in total. The molecule has 0 radical (unpaired) electrons. The van der Waals surface area contributed by atoms with Crippen molar-refractivity contribution in [2.24, 2.45) is 5.84 Å². The highest BCUT2D eigenvalue weighted by atomic mass is 35.5. The fraction of sp³-hybridized carbons (Fsp3) is 0.143. The van der Waals surface area contributed by atoms with E-state index >= 15 is 0 Å². The zero-order valence-corrected chi connectivity index (χ0v) is 12.8. The van der Waals surface area contributed by atoms with Crippen LogP contribution in [0.1, 0.15) is 16.1 Å². The summed E-state index contributed by atoms with van der Waals surface area (Å²) in [7, 11) is 1.68. The average Bonchev–Trinajstić information content (AvgIpc) is 2.49. The predicted molar refractivity (Wildman–Crippen MR) is 84.3 cm³/mol. The zero-order chi connectivity index (χ0) is 15.4. The number of halogens is 2. The van der Waals surface area contributed by atoms with Gasteiger partial charge in [0.1, 0.15) is 11.5 Å². The Morgan fingerprint density at radius 1 is 1.24 bits per heavy atom. The fourth-order valence-corrected chi connectivity index (χ4v) is 2.10. The van der Waals surface area contributed by atoms with Crippen LogP contribution in [-0.4, -0.2) is 22.8 Å². The van der Waals surface area contributed by atoms with E-state index in [1.165, 1.54) is 4.90 Å². The Morgan fingerprint density at radius 3 is 2.52 bits per heavy atom. The molecule has 0 aliphatic carbocycles. The van der Waals surface area contributed by atoms with Crippen LogP contribution in [0.5, 0.6) is 0 Å². The highest BCUT2D eigenvalue weighted by Gasteiger charge is 2.17. The lowest BCUT2D eigenvalue weighted by molar-refractivity contribution is 0.0779. The third kappa shape index (κ3) is 3.85. The molecule has 0 bridgehead atoms. The maximum Gasteiger partial charge on any atom is 0.274 e. The number of aromatic nitrogens is 1. The number of hydrazine groups is 1. The van der Waals surface area contributed by atoms with Crippen molar-refractivity contribution in [3.8, 4) is 0 Å². The Hall–Kier alpha value is -1.82. The van der Waals surface area contributed by atoms with Crippen molar-refractivity contribution < 1.29 is 4.79 Å². The first-order valence-corrected chi connectivity index (χ1v) is 6.90. The molecule has 0 aliphatic rings. The number of carbonyl (C=O) groups excluding carboxylic acids is 1. The molecular formula is C14H14Cl2N4O. The number of nitrogens with one attached hydrogen (secondary N) is 1. The molecule has 1 amide bonds. The fourth-order valence-electron chi connectivity index (χ4n) is 1.79. The van der Waals surface area contributed by atoms with E-state index in [2.05, 4.69) is 10.4 Å². The van der Waals surface area contributed by atoms with Crippen LogP contribution in [0.2, 0.25) is 10.0 Å². The summed E-state index contributed by atoms with van der Waals surface area (Å²) in [4.78, 5) is 18.0. The molecule has 0 spiro atoms. The lowest BCUT2D eigenvalue weighted by Gasteiger charge is -2.18. The second-order valence-electron chi connectivity index (χ2n) is 4.46. The Morgan fingerprint density at radius 2 is 1.90 bits per heavy atom. The number of carbonyl (C=O) groups is 1. The molecule has 110 valence electrons. The van der Waals surface area contributed by atoms with Crippen molar-refractivity contribution in [1.29, 1.82) is 0 Å². The molecule has 1 heterocycles. The quantitative estimate of drug-likeness (QED) is 0.670. The van der Waals surface area contributed by atoms with Crippen LogP contribution in [0.3, 0.4) is 0 Å². The number of rotatable bonds is 4. The summed E-state index contributed by atoms with van der Waals surface area (Å²) in [5.41, 5.74) is 3.50. The van der Waals surface area contributed by atoms with E-state index in [0.717, 1.165) is 5.56 Å². The molecule has 1 aromatic carbocycles. The van der Waals surface area contributed by atoms with Gasteiger partial charge in [0.25, 0.3) is 5.91 Å². The summed E-state index contributed by atoms with van der Waals surface area (Å²) < 4.78 is 0. The molecule has 0 unspecified atom stereocenters. The molecule has 2 aromatic rings. The number of anilines is 1. The smallest absolute Gasteiger partial charge is 0.274 e. The Balaban J connectivity index is 2.17. The number of benzene rings is 1. The Kier molecular flexibility index (Phi) is 5.01. The molecule has 0 atom stereocenters. The first-order chi connectivity index (χ1) is 10.0. The minimum absolute atomic E-state index is 0.156. The predicted octanol–water partition coefficient (Wildman–Crippen LogP) is 2.95. The third-order valence-corrected chi connectivity index (χ3v) is 3.43. The summed E-state index contributed by atoms with van der Waals surface area (Å²) in [5.74, 6) is 5.38. The Labute approximate surface area is 132 Å². The minimum atomic E-state index is -0.285. The molecule has 2 rings (SSSR count). The average molecular weight is 325 g/mol. The first kappa shape index (κ1) is 15.6. The standard InChI is InChI=1S/C14H14Cl2N4O/c1-20(8-9-2-4-10(15)5-3-9)14(21)13-11(16)6-7-12(18-13)19-17/h2-7H,8,17H2,1H3,(H,18,19). The number of hydrogen-bond acceptors (Lipinski definition) is 4. The highest BCUT2D eigenvalue weighted by Crippen LogP contribution is 2.19. The first-order valence-electron chi connectivity index (χ1n) is 6.14. The lowest BCUT2D eigenvalue weighted by atomic mass is 10.2. The van der Waals surface area contributed by atoms with Gasteiger partial charge in [-0.1, -0.05) is 35.3 Å². The van der Waals surface area contributed by atoms with Gasteiger partial charge in [0.2, 0.25) is 0 Å². The van der Waals surface area contributed by atoms with E-state index in [1.807, 2.05) is 12.1 Å². The second kappa shape index (κ2) is 6.76. The minimum Gasteiger partial charge on any atom is -0.336 e. The van der Waals surface area contributed by atoms with E-state index in [-0.39, 0.29) is 16.6 Å². The monoisotopic (exact) mass is 324 g/mol. The third-order valence-electron chi connectivity index (χ3n) is 2.88. The highest BCUT2D eigenvalue weighted by molar-refractivity contribution is 6.33. The SMILES string of the molecule is CN(Cc1ccc(Cl)cc1)C(=O)c1nc(NN)ccc1Cl. The van der Waals surface area contributed by atoms with Crippen molar-refractivity contribution in [2.75, 3.05) is 12.5 Å². The van der Waals surface area contributed by atoms with Gasteiger partial charge in [-0.15, -0.1) is 0 Å². The van der Waals surface area contributed by atoms with E-state index in [1.54, 1.807) is 31.3 Å². The van der Waals surface area contributed by atoms with Crippen molar-refractivity contribution in [3.63, 3.8) is 0 Å². The van der Waals surface area contributed by atoms with Gasteiger partial charge in [-0.3, -0.25) is 4.79 Å². The number of hydrogen-bond donors (Lipinski definition) is 2. The van der Waals surface area contributed by atoms with E-state index in [4.69, 9.17) is 29.0 Å². The van der Waals surface area contributed by atoms with Gasteiger partial charge < -0.3 is 10.3 Å². The summed E-state index contributed by atoms with van der Waals surface area (Å²) in [6, 6.07) is 10.4. The van der Waals surface area contributed by atoms with Gasteiger partial charge in [-0.25, -0.2) is 10.8 Å². The molecule has 0 saturated heterocycles. The van der Waals surface area contributed by atoms with Crippen LogP contribution in [-0.2, 0) is 6.54 Å². The summed E-state index contributed by atoms with van der Waals surface area (Å²) in [5, 5.41) is 0.932. The number of nitrogen functional groups attached to an aromatic ring is 1. The van der Waals surface area contributed by atoms with Crippen LogP contribution < -0.4 is 11.3 Å². The topological polar surface area (TPSA) is 71.2 Å². The van der Waals surface area contributed by atoms with Crippen LogP contribution >= 0.6 is 23.2 Å². The van der Waals surface area contributed by atoms with Gasteiger partial charge >= 0.3 is 0 Å². The van der Waals surface area contributed by atoms with Gasteiger partial charge in [-0.2, -0.15) is 0 Å². The molecule has 7 heteroatoms. The molecule has 1 aromatic heterocycles. The normalized spacial score (nSPS) is 10.3.